The molecule has 0 radical (unpaired) electrons. The molecule has 1 fully saturated rings. The van der Waals surface area contributed by atoms with Crippen LogP contribution in [0.3, 0.4) is 0 Å². The number of nitrogens with zero attached hydrogens (tertiary/aromatic N) is 2. The molecule has 1 saturated heterocycles. The first kappa shape index (κ1) is 18.0. The third kappa shape index (κ3) is 4.16. The van der Waals surface area contributed by atoms with E-state index in [9.17, 15) is 8.42 Å². The maximum Gasteiger partial charge on any atom is 0.246 e. The Bertz CT molecular complexity index is 623. The van der Waals surface area contributed by atoms with Gasteiger partial charge in [0.15, 0.2) is 0 Å². The molecular formula is C16H26N2O4S. The predicted molar refractivity (Wildman–Crippen MR) is 89.6 cm³/mol. The summed E-state index contributed by atoms with van der Waals surface area (Å²) in [6.45, 7) is 7.87. The zero-order valence-corrected chi connectivity index (χ0v) is 15.1. The molecule has 0 bridgehead atoms. The smallest absolute Gasteiger partial charge is 0.246 e. The molecule has 6 nitrogen and oxygen atoms in total. The molecule has 23 heavy (non-hydrogen) atoms. The average molecular weight is 342 g/mol. The van der Waals surface area contributed by atoms with Crippen molar-refractivity contribution in [3.05, 3.63) is 18.2 Å². The van der Waals surface area contributed by atoms with Gasteiger partial charge in [0.05, 0.1) is 14.2 Å². The fourth-order valence-electron chi connectivity index (χ4n) is 2.80. The summed E-state index contributed by atoms with van der Waals surface area (Å²) in [5.41, 5.74) is 0. The summed E-state index contributed by atoms with van der Waals surface area (Å²) < 4.78 is 37.7. The fraction of sp³-hybridized carbons (Fsp3) is 0.625. The SMILES string of the molecule is COc1ccc(S(=O)(=O)N2CCN(CC(C)C)CC2)c(OC)c1. The minimum atomic E-state index is -3.56. The van der Waals surface area contributed by atoms with Crippen molar-refractivity contribution in [1.82, 2.24) is 9.21 Å². The van der Waals surface area contributed by atoms with E-state index in [1.54, 1.807) is 18.2 Å². The first-order chi connectivity index (χ1) is 10.9. The first-order valence-corrected chi connectivity index (χ1v) is 9.27. The van der Waals surface area contributed by atoms with Crippen molar-refractivity contribution in [3.8, 4) is 11.5 Å². The molecule has 1 aliphatic heterocycles. The second kappa shape index (κ2) is 7.51. The van der Waals surface area contributed by atoms with E-state index in [-0.39, 0.29) is 4.90 Å². The van der Waals surface area contributed by atoms with Gasteiger partial charge in [0, 0.05) is 38.8 Å². The Kier molecular flexibility index (Phi) is 5.89. The highest BCUT2D eigenvalue weighted by Gasteiger charge is 2.31. The molecule has 2 rings (SSSR count). The van der Waals surface area contributed by atoms with Crippen LogP contribution >= 0.6 is 0 Å². The summed E-state index contributed by atoms with van der Waals surface area (Å²) in [4.78, 5) is 2.50. The van der Waals surface area contributed by atoms with Gasteiger partial charge in [-0.1, -0.05) is 13.8 Å². The molecule has 0 atom stereocenters. The van der Waals surface area contributed by atoms with Gasteiger partial charge in [-0.25, -0.2) is 8.42 Å². The number of benzene rings is 1. The standard InChI is InChI=1S/C16H26N2O4S/c1-13(2)12-17-7-9-18(10-8-17)23(19,20)16-6-5-14(21-3)11-15(16)22-4/h5-6,11,13H,7-10,12H2,1-4H3. The lowest BCUT2D eigenvalue weighted by Gasteiger charge is -2.34. The topological polar surface area (TPSA) is 59.1 Å². The van der Waals surface area contributed by atoms with Crippen LogP contribution in [0, 0.1) is 5.92 Å². The van der Waals surface area contributed by atoms with Crippen molar-refractivity contribution in [2.45, 2.75) is 18.7 Å². The van der Waals surface area contributed by atoms with Gasteiger partial charge in [-0.05, 0) is 18.1 Å². The molecular weight excluding hydrogens is 316 g/mol. The van der Waals surface area contributed by atoms with Crippen molar-refractivity contribution in [2.24, 2.45) is 5.92 Å². The van der Waals surface area contributed by atoms with Gasteiger partial charge in [-0.3, -0.25) is 0 Å². The highest BCUT2D eigenvalue weighted by molar-refractivity contribution is 7.89. The summed E-state index contributed by atoms with van der Waals surface area (Å²) in [6.07, 6.45) is 0. The van der Waals surface area contributed by atoms with Gasteiger partial charge in [-0.2, -0.15) is 4.31 Å². The van der Waals surface area contributed by atoms with Crippen LogP contribution in [0.1, 0.15) is 13.8 Å². The Hall–Kier alpha value is -1.31. The van der Waals surface area contributed by atoms with Crippen molar-refractivity contribution in [2.75, 3.05) is 46.9 Å². The number of hydrogen-bond acceptors (Lipinski definition) is 5. The minimum Gasteiger partial charge on any atom is -0.497 e. The molecule has 0 aromatic heterocycles. The number of hydrogen-bond donors (Lipinski definition) is 0. The Labute approximate surface area is 139 Å². The molecule has 7 heteroatoms. The lowest BCUT2D eigenvalue weighted by atomic mass is 10.2. The Balaban J connectivity index is 2.17. The fourth-order valence-corrected chi connectivity index (χ4v) is 4.35. The summed E-state index contributed by atoms with van der Waals surface area (Å²) in [5, 5.41) is 0. The van der Waals surface area contributed by atoms with E-state index < -0.39 is 10.0 Å². The lowest BCUT2D eigenvalue weighted by molar-refractivity contribution is 0.172. The molecule has 0 N–H and O–H groups in total. The number of sulfonamides is 1. The van der Waals surface area contributed by atoms with Crippen molar-refractivity contribution in [3.63, 3.8) is 0 Å². The quantitative estimate of drug-likeness (QED) is 0.787. The maximum atomic E-state index is 12.9. The van der Waals surface area contributed by atoms with Crippen LogP contribution in [-0.2, 0) is 10.0 Å². The molecule has 1 heterocycles. The third-order valence-corrected chi connectivity index (χ3v) is 5.88. The second-order valence-electron chi connectivity index (χ2n) is 6.12. The second-order valence-corrected chi connectivity index (χ2v) is 8.02. The molecule has 1 aliphatic rings. The number of piperazine rings is 1. The molecule has 0 unspecified atom stereocenters. The third-order valence-electron chi connectivity index (χ3n) is 3.94. The molecule has 1 aromatic carbocycles. The van der Waals surface area contributed by atoms with E-state index in [0.717, 1.165) is 19.6 Å². The van der Waals surface area contributed by atoms with Crippen LogP contribution < -0.4 is 9.47 Å². The van der Waals surface area contributed by atoms with Crippen molar-refractivity contribution < 1.29 is 17.9 Å². The summed E-state index contributed by atoms with van der Waals surface area (Å²) >= 11 is 0. The summed E-state index contributed by atoms with van der Waals surface area (Å²) in [6, 6.07) is 4.79. The zero-order valence-electron chi connectivity index (χ0n) is 14.3. The van der Waals surface area contributed by atoms with Gasteiger partial charge < -0.3 is 14.4 Å². The molecule has 0 saturated carbocycles. The van der Waals surface area contributed by atoms with Crippen LogP contribution in [0.25, 0.3) is 0 Å². The van der Waals surface area contributed by atoms with E-state index in [1.165, 1.54) is 18.5 Å². The van der Waals surface area contributed by atoms with Crippen LogP contribution in [-0.4, -0.2) is 64.6 Å². The lowest BCUT2D eigenvalue weighted by Crippen LogP contribution is -2.49. The summed E-state index contributed by atoms with van der Waals surface area (Å²) in [7, 11) is -0.550. The molecule has 0 spiro atoms. The van der Waals surface area contributed by atoms with E-state index in [4.69, 9.17) is 9.47 Å². The van der Waals surface area contributed by atoms with Crippen LogP contribution in [0.4, 0.5) is 0 Å². The van der Waals surface area contributed by atoms with Gasteiger partial charge in [0.2, 0.25) is 10.0 Å². The number of ether oxygens (including phenoxy) is 2. The minimum absolute atomic E-state index is 0.193. The van der Waals surface area contributed by atoms with Crippen molar-refractivity contribution in [1.29, 1.82) is 0 Å². The molecule has 130 valence electrons. The van der Waals surface area contributed by atoms with Gasteiger partial charge >= 0.3 is 0 Å². The van der Waals surface area contributed by atoms with Crippen LogP contribution in [0.5, 0.6) is 11.5 Å². The Morgan fingerprint density at radius 2 is 1.74 bits per heavy atom. The van der Waals surface area contributed by atoms with Crippen LogP contribution in [0.15, 0.2) is 23.1 Å². The van der Waals surface area contributed by atoms with E-state index in [0.29, 0.717) is 30.5 Å². The summed E-state index contributed by atoms with van der Waals surface area (Å²) in [5.74, 6) is 1.47. The molecule has 1 aromatic rings. The molecule has 0 amide bonds. The van der Waals surface area contributed by atoms with Crippen molar-refractivity contribution >= 4 is 10.0 Å². The van der Waals surface area contributed by atoms with Crippen LogP contribution in [0.2, 0.25) is 0 Å². The maximum absolute atomic E-state index is 12.9. The molecule has 0 aliphatic carbocycles. The predicted octanol–water partition coefficient (Wildman–Crippen LogP) is 1.67. The van der Waals surface area contributed by atoms with E-state index >= 15 is 0 Å². The Morgan fingerprint density at radius 1 is 1.09 bits per heavy atom. The first-order valence-electron chi connectivity index (χ1n) is 7.83. The van der Waals surface area contributed by atoms with E-state index in [2.05, 4.69) is 18.7 Å². The van der Waals surface area contributed by atoms with Gasteiger partial charge in [0.25, 0.3) is 0 Å². The number of rotatable bonds is 6. The number of methoxy groups -OCH3 is 2. The highest BCUT2D eigenvalue weighted by Crippen LogP contribution is 2.31. The normalized spacial score (nSPS) is 17.4. The highest BCUT2D eigenvalue weighted by atomic mass is 32.2. The largest absolute Gasteiger partial charge is 0.497 e. The van der Waals surface area contributed by atoms with E-state index in [1.807, 2.05) is 0 Å². The zero-order chi connectivity index (χ0) is 17.0. The van der Waals surface area contributed by atoms with Gasteiger partial charge in [0.1, 0.15) is 16.4 Å². The Morgan fingerprint density at radius 3 is 2.26 bits per heavy atom. The average Bonchev–Trinajstić information content (AvgIpc) is 2.54. The van der Waals surface area contributed by atoms with Gasteiger partial charge in [-0.15, -0.1) is 0 Å². The monoisotopic (exact) mass is 342 g/mol.